The minimum absolute atomic E-state index is 0.0146. The van der Waals surface area contributed by atoms with E-state index in [9.17, 15) is 4.39 Å². The molecule has 0 unspecified atom stereocenters. The Morgan fingerprint density at radius 3 is 2.60 bits per heavy atom. The van der Waals surface area contributed by atoms with Crippen LogP contribution in [0.1, 0.15) is 30.9 Å². The second-order valence-corrected chi connectivity index (χ2v) is 4.58. The highest BCUT2D eigenvalue weighted by Gasteiger charge is 2.08. The molecular formula is C16H22FNO2. The Morgan fingerprint density at radius 2 is 2.00 bits per heavy atom. The number of rotatable bonds is 7. The Hall–Kier alpha value is -1.41. The minimum Gasteiger partial charge on any atom is -0.395 e. The first-order chi connectivity index (χ1) is 9.71. The molecule has 3 nitrogen and oxygen atoms in total. The van der Waals surface area contributed by atoms with E-state index in [1.807, 2.05) is 4.90 Å². The summed E-state index contributed by atoms with van der Waals surface area (Å²) in [6.07, 6.45) is 1.36. The van der Waals surface area contributed by atoms with Crippen LogP contribution in [0.15, 0.2) is 18.2 Å². The number of benzene rings is 1. The van der Waals surface area contributed by atoms with Crippen molar-refractivity contribution >= 4 is 0 Å². The van der Waals surface area contributed by atoms with E-state index in [1.54, 1.807) is 12.1 Å². The summed E-state index contributed by atoms with van der Waals surface area (Å²) in [4.78, 5) is 2.02. The van der Waals surface area contributed by atoms with Gasteiger partial charge in [-0.25, -0.2) is 4.39 Å². The zero-order chi connectivity index (χ0) is 14.8. The number of aliphatic hydroxyl groups excluding tert-OH is 2. The van der Waals surface area contributed by atoms with Crippen LogP contribution in [0.4, 0.5) is 4.39 Å². The molecule has 0 radical (unpaired) electrons. The molecule has 4 heteroatoms. The highest BCUT2D eigenvalue weighted by atomic mass is 19.1. The zero-order valence-corrected chi connectivity index (χ0v) is 11.9. The summed E-state index contributed by atoms with van der Waals surface area (Å²) in [5.41, 5.74) is 1.23. The smallest absolute Gasteiger partial charge is 0.128 e. The summed E-state index contributed by atoms with van der Waals surface area (Å²) in [6, 6.07) is 4.94. The predicted molar refractivity (Wildman–Crippen MR) is 77.6 cm³/mol. The topological polar surface area (TPSA) is 43.7 Å². The second kappa shape index (κ2) is 9.49. The van der Waals surface area contributed by atoms with Gasteiger partial charge in [0.25, 0.3) is 0 Å². The molecule has 2 N–H and O–H groups in total. The molecule has 20 heavy (non-hydrogen) atoms. The molecule has 0 aliphatic heterocycles. The molecule has 1 aromatic rings. The van der Waals surface area contributed by atoms with Gasteiger partial charge in [0.1, 0.15) is 5.82 Å². The van der Waals surface area contributed by atoms with Crippen molar-refractivity contribution in [3.05, 3.63) is 35.1 Å². The van der Waals surface area contributed by atoms with E-state index in [0.717, 1.165) is 13.0 Å². The molecule has 0 bridgehead atoms. The average Bonchev–Trinajstić information content (AvgIpc) is 2.42. The van der Waals surface area contributed by atoms with Crippen molar-refractivity contribution in [2.45, 2.75) is 26.3 Å². The lowest BCUT2D eigenvalue weighted by Crippen LogP contribution is -2.27. The fraction of sp³-hybridized carbons (Fsp3) is 0.500. The SMILES string of the molecule is CCCN(CCO)Cc1ccc(C#CCCO)cc1F. The van der Waals surface area contributed by atoms with Crippen LogP contribution in [0.25, 0.3) is 0 Å². The van der Waals surface area contributed by atoms with Crippen molar-refractivity contribution < 1.29 is 14.6 Å². The molecule has 110 valence electrons. The molecule has 0 saturated heterocycles. The van der Waals surface area contributed by atoms with Crippen molar-refractivity contribution in [2.75, 3.05) is 26.3 Å². The maximum absolute atomic E-state index is 14.0. The first-order valence-corrected chi connectivity index (χ1v) is 6.92. The molecule has 0 heterocycles. The monoisotopic (exact) mass is 279 g/mol. The normalized spacial score (nSPS) is 10.4. The highest BCUT2D eigenvalue weighted by Crippen LogP contribution is 2.13. The minimum atomic E-state index is -0.278. The van der Waals surface area contributed by atoms with Crippen LogP contribution in [-0.4, -0.2) is 41.4 Å². The molecular weight excluding hydrogens is 257 g/mol. The van der Waals surface area contributed by atoms with Gasteiger partial charge in [-0.1, -0.05) is 24.8 Å². The standard InChI is InChI=1S/C16H22FNO2/c1-2-8-18(9-11-20)13-15-7-6-14(12-16(15)17)5-3-4-10-19/h6-7,12,19-20H,2,4,8-11,13H2,1H3. The summed E-state index contributed by atoms with van der Waals surface area (Å²) >= 11 is 0. The lowest BCUT2D eigenvalue weighted by molar-refractivity contribution is 0.189. The van der Waals surface area contributed by atoms with Crippen LogP contribution in [0, 0.1) is 17.7 Å². The van der Waals surface area contributed by atoms with E-state index in [4.69, 9.17) is 10.2 Å². The van der Waals surface area contributed by atoms with Crippen molar-refractivity contribution in [2.24, 2.45) is 0 Å². The summed E-state index contributed by atoms with van der Waals surface area (Å²) in [6.45, 7) is 4.02. The van der Waals surface area contributed by atoms with Crippen LogP contribution >= 0.6 is 0 Å². The van der Waals surface area contributed by atoms with Crippen molar-refractivity contribution in [3.8, 4) is 11.8 Å². The van der Waals surface area contributed by atoms with Gasteiger partial charge >= 0.3 is 0 Å². The molecule has 0 spiro atoms. The number of aliphatic hydroxyl groups is 2. The van der Waals surface area contributed by atoms with Crippen LogP contribution in [0.3, 0.4) is 0 Å². The molecule has 0 saturated carbocycles. The fourth-order valence-electron chi connectivity index (χ4n) is 1.94. The highest BCUT2D eigenvalue weighted by molar-refractivity contribution is 5.37. The second-order valence-electron chi connectivity index (χ2n) is 4.58. The maximum Gasteiger partial charge on any atom is 0.128 e. The molecule has 0 amide bonds. The molecule has 0 aromatic heterocycles. The largest absolute Gasteiger partial charge is 0.395 e. The zero-order valence-electron chi connectivity index (χ0n) is 11.9. The summed E-state index contributed by atoms with van der Waals surface area (Å²) < 4.78 is 14.0. The lowest BCUT2D eigenvalue weighted by Gasteiger charge is -2.20. The third kappa shape index (κ3) is 5.70. The van der Waals surface area contributed by atoms with Crippen LogP contribution < -0.4 is 0 Å². The van der Waals surface area contributed by atoms with Crippen LogP contribution in [-0.2, 0) is 6.54 Å². The van der Waals surface area contributed by atoms with E-state index in [1.165, 1.54) is 6.07 Å². The Bertz CT molecular complexity index is 459. The molecule has 0 aliphatic carbocycles. The van der Waals surface area contributed by atoms with Gasteiger partial charge in [0.15, 0.2) is 0 Å². The molecule has 1 aromatic carbocycles. The van der Waals surface area contributed by atoms with Crippen molar-refractivity contribution in [3.63, 3.8) is 0 Å². The number of hydrogen-bond donors (Lipinski definition) is 2. The fourth-order valence-corrected chi connectivity index (χ4v) is 1.94. The first kappa shape index (κ1) is 16.6. The third-order valence-corrected chi connectivity index (χ3v) is 2.87. The van der Waals surface area contributed by atoms with Gasteiger partial charge in [-0.05, 0) is 25.1 Å². The predicted octanol–water partition coefficient (Wildman–Crippen LogP) is 1.76. The number of nitrogens with zero attached hydrogens (tertiary/aromatic N) is 1. The van der Waals surface area contributed by atoms with Crippen molar-refractivity contribution in [1.82, 2.24) is 4.90 Å². The third-order valence-electron chi connectivity index (χ3n) is 2.87. The van der Waals surface area contributed by atoms with Crippen LogP contribution in [0.2, 0.25) is 0 Å². The Morgan fingerprint density at radius 1 is 1.20 bits per heavy atom. The van der Waals surface area contributed by atoms with Gasteiger partial charge in [0.2, 0.25) is 0 Å². The molecule has 1 rings (SSSR count). The summed E-state index contributed by atoms with van der Waals surface area (Å²) in [7, 11) is 0. The van der Waals surface area contributed by atoms with E-state index in [0.29, 0.717) is 30.6 Å². The van der Waals surface area contributed by atoms with E-state index in [-0.39, 0.29) is 19.0 Å². The molecule has 0 aliphatic rings. The molecule has 0 atom stereocenters. The quantitative estimate of drug-likeness (QED) is 0.748. The van der Waals surface area contributed by atoms with Crippen molar-refractivity contribution in [1.29, 1.82) is 0 Å². The Labute approximate surface area is 120 Å². The van der Waals surface area contributed by atoms with Gasteiger partial charge in [-0.2, -0.15) is 0 Å². The summed E-state index contributed by atoms with van der Waals surface area (Å²) in [5, 5.41) is 17.6. The Balaban J connectivity index is 2.74. The summed E-state index contributed by atoms with van der Waals surface area (Å²) in [5.74, 6) is 5.30. The van der Waals surface area contributed by atoms with E-state index in [2.05, 4.69) is 18.8 Å². The average molecular weight is 279 g/mol. The maximum atomic E-state index is 14.0. The van der Waals surface area contributed by atoms with E-state index >= 15 is 0 Å². The van der Waals surface area contributed by atoms with Gasteiger partial charge in [-0.15, -0.1) is 0 Å². The Kier molecular flexibility index (Phi) is 7.89. The van der Waals surface area contributed by atoms with Gasteiger partial charge < -0.3 is 10.2 Å². The van der Waals surface area contributed by atoms with Gasteiger partial charge in [0, 0.05) is 30.6 Å². The molecule has 0 fully saturated rings. The lowest BCUT2D eigenvalue weighted by atomic mass is 10.1. The van der Waals surface area contributed by atoms with Gasteiger partial charge in [-0.3, -0.25) is 4.90 Å². The van der Waals surface area contributed by atoms with E-state index < -0.39 is 0 Å². The number of hydrogen-bond acceptors (Lipinski definition) is 3. The van der Waals surface area contributed by atoms with Gasteiger partial charge in [0.05, 0.1) is 13.2 Å². The first-order valence-electron chi connectivity index (χ1n) is 6.92. The number of halogens is 1. The van der Waals surface area contributed by atoms with Crippen LogP contribution in [0.5, 0.6) is 0 Å².